The summed E-state index contributed by atoms with van der Waals surface area (Å²) >= 11 is 0. The van der Waals surface area contributed by atoms with E-state index in [0.29, 0.717) is 65.2 Å². The molecule has 0 aliphatic carbocycles. The van der Waals surface area contributed by atoms with Gasteiger partial charge in [0.15, 0.2) is 0 Å². The van der Waals surface area contributed by atoms with E-state index in [-0.39, 0.29) is 42.5 Å². The van der Waals surface area contributed by atoms with Crippen LogP contribution >= 0.6 is 0 Å². The second-order valence-corrected chi connectivity index (χ2v) is 16.2. The highest BCUT2D eigenvalue weighted by molar-refractivity contribution is 5.98. The maximum Gasteiger partial charge on any atom is 0.410 e. The zero-order valence-electron chi connectivity index (χ0n) is 32.0. The summed E-state index contributed by atoms with van der Waals surface area (Å²) in [5.74, 6) is -2.04. The van der Waals surface area contributed by atoms with Gasteiger partial charge in [-0.15, -0.1) is 0 Å². The number of halogens is 1. The number of rotatable bonds is 12. The summed E-state index contributed by atoms with van der Waals surface area (Å²) in [6.07, 6.45) is 0.914. The van der Waals surface area contributed by atoms with Gasteiger partial charge >= 0.3 is 12.1 Å². The molecule has 0 radical (unpaired) electrons. The first-order chi connectivity index (χ1) is 25.0. The van der Waals surface area contributed by atoms with Crippen LogP contribution in [0.1, 0.15) is 77.5 Å². The topological polar surface area (TPSA) is 132 Å². The van der Waals surface area contributed by atoms with Gasteiger partial charge in [0.05, 0.1) is 19.8 Å². The van der Waals surface area contributed by atoms with Crippen molar-refractivity contribution in [2.75, 3.05) is 63.9 Å². The lowest BCUT2D eigenvalue weighted by Gasteiger charge is -2.47. The van der Waals surface area contributed by atoms with E-state index < -0.39 is 29.3 Å². The van der Waals surface area contributed by atoms with Gasteiger partial charge in [-0.05, 0) is 88.8 Å². The Labute approximate surface area is 312 Å². The van der Waals surface area contributed by atoms with Crippen LogP contribution in [0.15, 0.2) is 42.5 Å². The molecule has 2 fully saturated rings. The Morgan fingerprint density at radius 1 is 1.02 bits per heavy atom. The van der Waals surface area contributed by atoms with E-state index in [1.54, 1.807) is 17.0 Å². The van der Waals surface area contributed by atoms with Gasteiger partial charge in [0.1, 0.15) is 17.8 Å². The number of carbonyl (C=O) groups is 4. The Bertz CT molecular complexity index is 1630. The van der Waals surface area contributed by atoms with Crippen LogP contribution in [0.2, 0.25) is 0 Å². The van der Waals surface area contributed by atoms with Crippen LogP contribution in [0.3, 0.4) is 0 Å². The number of aliphatic carboxylic acids is 1. The molecule has 0 aromatic heterocycles. The molecule has 2 saturated heterocycles. The average Bonchev–Trinajstić information content (AvgIpc) is 3.37. The highest BCUT2D eigenvalue weighted by Crippen LogP contribution is 2.44. The number of piperazine rings is 1. The monoisotopic (exact) mass is 737 g/mol. The highest BCUT2D eigenvalue weighted by atomic mass is 19.1. The summed E-state index contributed by atoms with van der Waals surface area (Å²) in [6, 6.07) is 12.5. The number of amides is 3. The third-order valence-corrected chi connectivity index (χ3v) is 10.5. The van der Waals surface area contributed by atoms with Crippen LogP contribution in [0.25, 0.3) is 0 Å². The van der Waals surface area contributed by atoms with Gasteiger partial charge in [0.2, 0.25) is 11.8 Å². The van der Waals surface area contributed by atoms with Crippen LogP contribution in [0.4, 0.5) is 14.9 Å². The Morgan fingerprint density at radius 3 is 2.42 bits per heavy atom. The number of nitrogens with zero attached hydrogens (tertiary/aromatic N) is 4. The van der Waals surface area contributed by atoms with Gasteiger partial charge in [-0.2, -0.15) is 0 Å². The van der Waals surface area contributed by atoms with Gasteiger partial charge in [0.25, 0.3) is 0 Å². The van der Waals surface area contributed by atoms with E-state index in [1.165, 1.54) is 12.1 Å². The van der Waals surface area contributed by atoms with Crippen LogP contribution in [-0.2, 0) is 35.7 Å². The summed E-state index contributed by atoms with van der Waals surface area (Å²) < 4.78 is 25.1. The number of fused-ring (bicyclic) bond motifs is 1. The van der Waals surface area contributed by atoms with Crippen molar-refractivity contribution < 1.29 is 38.1 Å². The summed E-state index contributed by atoms with van der Waals surface area (Å²) in [7, 11) is 0. The number of ether oxygens (including phenoxy) is 2. The molecule has 4 atom stereocenters. The fourth-order valence-corrected chi connectivity index (χ4v) is 7.73. The summed E-state index contributed by atoms with van der Waals surface area (Å²) in [4.78, 5) is 59.1. The van der Waals surface area contributed by atoms with Crippen molar-refractivity contribution in [1.82, 2.24) is 20.0 Å². The lowest BCUT2D eigenvalue weighted by atomic mass is 9.80. The minimum atomic E-state index is -1.17. The lowest BCUT2D eigenvalue weighted by Crippen LogP contribution is -2.64. The molecule has 3 heterocycles. The van der Waals surface area contributed by atoms with Gasteiger partial charge in [-0.3, -0.25) is 24.2 Å². The van der Waals surface area contributed by atoms with E-state index in [2.05, 4.69) is 47.2 Å². The molecule has 2 unspecified atom stereocenters. The number of carbonyl (C=O) groups excluding carboxylic acids is 3. The predicted molar refractivity (Wildman–Crippen MR) is 199 cm³/mol. The third-order valence-electron chi connectivity index (χ3n) is 10.5. The maximum absolute atomic E-state index is 14.6. The molecule has 53 heavy (non-hydrogen) atoms. The van der Waals surface area contributed by atoms with Crippen molar-refractivity contribution >= 4 is 29.6 Å². The van der Waals surface area contributed by atoms with Crippen molar-refractivity contribution in [2.24, 2.45) is 0 Å². The van der Waals surface area contributed by atoms with Gasteiger partial charge < -0.3 is 29.7 Å². The number of nitrogens with one attached hydrogen (secondary N) is 1. The first-order valence-electron chi connectivity index (χ1n) is 18.7. The molecule has 3 aliphatic rings. The van der Waals surface area contributed by atoms with Crippen molar-refractivity contribution in [3.05, 3.63) is 65.0 Å². The number of morpholine rings is 1. The smallest absolute Gasteiger partial charge is 0.410 e. The van der Waals surface area contributed by atoms with Crippen LogP contribution < -0.4 is 10.2 Å². The molecule has 13 heteroatoms. The Hall–Kier alpha value is -4.07. The van der Waals surface area contributed by atoms with E-state index >= 15 is 0 Å². The van der Waals surface area contributed by atoms with Gasteiger partial charge in [-0.1, -0.05) is 31.2 Å². The molecule has 0 spiro atoms. The molecule has 0 saturated carbocycles. The third kappa shape index (κ3) is 10.5. The molecule has 2 aromatic carbocycles. The predicted octanol–water partition coefficient (Wildman–Crippen LogP) is 4.42. The number of anilines is 1. The lowest BCUT2D eigenvalue weighted by molar-refractivity contribution is -0.140. The second-order valence-electron chi connectivity index (χ2n) is 16.2. The first-order valence-corrected chi connectivity index (χ1v) is 18.7. The minimum absolute atomic E-state index is 0.0402. The molecular formula is C40H56FN5O7. The van der Waals surface area contributed by atoms with E-state index in [1.807, 2.05) is 32.6 Å². The fraction of sp³-hybridized carbons (Fsp3) is 0.600. The van der Waals surface area contributed by atoms with E-state index in [9.17, 15) is 23.6 Å². The van der Waals surface area contributed by atoms with Crippen LogP contribution in [0.5, 0.6) is 0 Å². The molecule has 0 bridgehead atoms. The second kappa shape index (κ2) is 16.9. The molecule has 2 N–H and O–H groups in total. The van der Waals surface area contributed by atoms with Crippen LogP contribution in [-0.4, -0.2) is 126 Å². The normalized spacial score (nSPS) is 23.8. The molecule has 3 amide bonds. The Morgan fingerprint density at radius 2 is 1.74 bits per heavy atom. The fourth-order valence-electron chi connectivity index (χ4n) is 7.73. The van der Waals surface area contributed by atoms with Gasteiger partial charge in [-0.25, -0.2) is 9.18 Å². The zero-order chi connectivity index (χ0) is 38.5. The standard InChI is InChI=1S/C40H56FN5O7/c1-27-21-44(32(22-43-16-17-52-25-28(43)2)23-45(27)38(51)53-39(3,4)5)24-36(48)46-26-40(6,14-7-15-42-35(47)20-37(49)50)33-13-10-30(19-34(33)46)18-29-8-11-31(41)12-9-29/h8-13,19,27-28,32H,7,14-18,20-26H2,1-6H3,(H,42,47)(H,49,50)/t27-,28?,32+,40?/m1/s1. The van der Waals surface area contributed by atoms with Crippen molar-refractivity contribution in [3.8, 4) is 0 Å². The molecular weight excluding hydrogens is 681 g/mol. The quantitative estimate of drug-likeness (QED) is 0.240. The van der Waals surface area contributed by atoms with Crippen molar-refractivity contribution in [2.45, 2.75) is 96.4 Å². The van der Waals surface area contributed by atoms with Crippen LogP contribution in [0, 0.1) is 5.82 Å². The molecule has 2 aromatic rings. The molecule has 5 rings (SSSR count). The molecule has 290 valence electrons. The number of benzene rings is 2. The average molecular weight is 738 g/mol. The minimum Gasteiger partial charge on any atom is -0.481 e. The Kier molecular flexibility index (Phi) is 12.8. The number of hydrogen-bond donors (Lipinski definition) is 2. The zero-order valence-corrected chi connectivity index (χ0v) is 32.0. The van der Waals surface area contributed by atoms with Crippen molar-refractivity contribution in [3.63, 3.8) is 0 Å². The number of hydrogen-bond acceptors (Lipinski definition) is 8. The van der Waals surface area contributed by atoms with Crippen molar-refractivity contribution in [1.29, 1.82) is 0 Å². The van der Waals surface area contributed by atoms with E-state index in [4.69, 9.17) is 14.6 Å². The largest absolute Gasteiger partial charge is 0.481 e. The highest BCUT2D eigenvalue weighted by Gasteiger charge is 2.43. The SMILES string of the molecule is CC1COCCN1C[C@H]1CN(C(=O)OC(C)(C)C)[C@H](C)CN1CC(=O)N1CC(C)(CCCNC(=O)CC(=O)O)c2ccc(Cc3ccc(F)cc3)cc21. The number of carboxylic acid groups (broad SMARTS) is 1. The first kappa shape index (κ1) is 40.1. The maximum atomic E-state index is 14.6. The molecule has 12 nitrogen and oxygen atoms in total. The summed E-state index contributed by atoms with van der Waals surface area (Å²) in [6.45, 7) is 16.4. The van der Waals surface area contributed by atoms with Gasteiger partial charge in [0, 0.05) is 68.5 Å². The summed E-state index contributed by atoms with van der Waals surface area (Å²) in [5, 5.41) is 11.6. The number of carboxylic acids is 1. The summed E-state index contributed by atoms with van der Waals surface area (Å²) in [5.41, 5.74) is 2.78. The molecule has 3 aliphatic heterocycles. The Balaban J connectivity index is 1.38. The van der Waals surface area contributed by atoms with E-state index in [0.717, 1.165) is 28.9 Å².